The quantitative estimate of drug-likeness (QED) is 0.190. The van der Waals surface area contributed by atoms with Gasteiger partial charge in [0, 0.05) is 27.5 Å². The number of furan rings is 2. The predicted octanol–water partition coefficient (Wildman–Crippen LogP) is 13.4. The average molecular weight is 628 g/mol. The Morgan fingerprint density at radius 3 is 1.49 bits per heavy atom. The molecule has 2 aromatic heterocycles. The summed E-state index contributed by atoms with van der Waals surface area (Å²) >= 11 is 0. The number of hydrogen-bond donors (Lipinski definition) is 0. The fourth-order valence-electron chi connectivity index (χ4n) is 7.44. The summed E-state index contributed by atoms with van der Waals surface area (Å²) in [4.78, 5) is 2.34. The van der Waals surface area contributed by atoms with E-state index in [0.717, 1.165) is 72.1 Å². The zero-order valence-electron chi connectivity index (χ0n) is 26.5. The van der Waals surface area contributed by atoms with Gasteiger partial charge in [-0.1, -0.05) is 121 Å². The van der Waals surface area contributed by atoms with E-state index in [1.807, 2.05) is 30.3 Å². The summed E-state index contributed by atoms with van der Waals surface area (Å²) in [6.45, 7) is 0. The first-order valence-corrected chi connectivity index (χ1v) is 16.6. The molecule has 3 heteroatoms. The average Bonchev–Trinajstić information content (AvgIpc) is 3.74. The highest BCUT2D eigenvalue weighted by Gasteiger charge is 2.20. The molecule has 0 saturated carbocycles. The molecule has 0 N–H and O–H groups in total. The van der Waals surface area contributed by atoms with Crippen molar-refractivity contribution in [1.29, 1.82) is 0 Å². The van der Waals surface area contributed by atoms with Gasteiger partial charge in [0.2, 0.25) is 0 Å². The zero-order chi connectivity index (χ0) is 32.3. The molecule has 0 fully saturated rings. The van der Waals surface area contributed by atoms with Gasteiger partial charge in [0.15, 0.2) is 0 Å². The number of nitrogens with zero attached hydrogens (tertiary/aromatic N) is 1. The molecule has 0 atom stereocenters. The lowest BCUT2D eigenvalue weighted by atomic mass is 9.97. The Labute approximate surface area is 282 Å². The monoisotopic (exact) mass is 627 g/mol. The maximum atomic E-state index is 6.34. The highest BCUT2D eigenvalue weighted by molar-refractivity contribution is 6.14. The van der Waals surface area contributed by atoms with E-state index in [4.69, 9.17) is 8.83 Å². The lowest BCUT2D eigenvalue weighted by Crippen LogP contribution is -2.10. The predicted molar refractivity (Wildman–Crippen MR) is 204 cm³/mol. The topological polar surface area (TPSA) is 29.5 Å². The van der Waals surface area contributed by atoms with Crippen molar-refractivity contribution in [3.63, 3.8) is 0 Å². The lowest BCUT2D eigenvalue weighted by Gasteiger charge is -2.26. The van der Waals surface area contributed by atoms with E-state index in [1.54, 1.807) is 0 Å². The molecule has 0 unspecified atom stereocenters. The second-order valence-electron chi connectivity index (χ2n) is 12.5. The van der Waals surface area contributed by atoms with Crippen LogP contribution in [0, 0.1) is 0 Å². The van der Waals surface area contributed by atoms with E-state index < -0.39 is 0 Å². The van der Waals surface area contributed by atoms with Gasteiger partial charge < -0.3 is 13.7 Å². The molecule has 0 saturated heterocycles. The van der Waals surface area contributed by atoms with Crippen LogP contribution in [0.25, 0.3) is 76.9 Å². The second kappa shape index (κ2) is 11.0. The first kappa shape index (κ1) is 27.5. The molecule has 0 spiro atoms. The Hall–Kier alpha value is -6.58. The Morgan fingerprint density at radius 2 is 0.796 bits per heavy atom. The van der Waals surface area contributed by atoms with Gasteiger partial charge in [-0.05, 0) is 87.6 Å². The molecule has 0 bridgehead atoms. The van der Waals surface area contributed by atoms with Crippen molar-refractivity contribution in [1.82, 2.24) is 0 Å². The number of anilines is 3. The molecule has 8 aromatic carbocycles. The van der Waals surface area contributed by atoms with Crippen molar-refractivity contribution in [2.45, 2.75) is 0 Å². The molecule has 3 nitrogen and oxygen atoms in total. The van der Waals surface area contributed by atoms with E-state index in [-0.39, 0.29) is 0 Å². The molecule has 0 aliphatic rings. The number of hydrogen-bond acceptors (Lipinski definition) is 3. The van der Waals surface area contributed by atoms with Gasteiger partial charge in [0.05, 0.1) is 11.1 Å². The summed E-state index contributed by atoms with van der Waals surface area (Å²) < 4.78 is 12.6. The van der Waals surface area contributed by atoms with Gasteiger partial charge in [-0.2, -0.15) is 0 Å². The maximum Gasteiger partial charge on any atom is 0.137 e. The van der Waals surface area contributed by atoms with Crippen LogP contribution in [0.2, 0.25) is 0 Å². The Morgan fingerprint density at radius 1 is 0.327 bits per heavy atom. The fraction of sp³-hybridized carbons (Fsp3) is 0. The van der Waals surface area contributed by atoms with Crippen LogP contribution in [-0.4, -0.2) is 0 Å². The number of benzene rings is 8. The Kier molecular flexibility index (Phi) is 6.18. The van der Waals surface area contributed by atoms with E-state index in [2.05, 4.69) is 150 Å². The fourth-order valence-corrected chi connectivity index (χ4v) is 7.44. The molecule has 230 valence electrons. The third kappa shape index (κ3) is 4.44. The summed E-state index contributed by atoms with van der Waals surface area (Å²) in [6.07, 6.45) is 0. The lowest BCUT2D eigenvalue weighted by molar-refractivity contribution is 0.668. The first-order valence-electron chi connectivity index (χ1n) is 16.6. The molecular weight excluding hydrogens is 599 g/mol. The molecule has 0 aliphatic heterocycles. The van der Waals surface area contributed by atoms with Crippen LogP contribution < -0.4 is 4.90 Å². The molecular formula is C46H29NO2. The number of rotatable bonds is 5. The standard InChI is InChI=1S/C46H29NO2/c1-2-12-35-30(10-1)11-7-15-36(35)31-22-26-33(27-23-31)47(40-17-9-21-44-46(40)39-14-4-6-19-42(39)49-44)34-28-24-32(25-29-34)37-16-8-20-43-45(37)38-13-3-5-18-41(38)48-43/h1-29H. The summed E-state index contributed by atoms with van der Waals surface area (Å²) in [6, 6.07) is 62.0. The van der Waals surface area contributed by atoms with Crippen LogP contribution in [0.1, 0.15) is 0 Å². The van der Waals surface area contributed by atoms with E-state index in [9.17, 15) is 0 Å². The van der Waals surface area contributed by atoms with Crippen molar-refractivity contribution in [3.8, 4) is 22.3 Å². The third-order valence-electron chi connectivity index (χ3n) is 9.69. The molecule has 0 radical (unpaired) electrons. The van der Waals surface area contributed by atoms with Crippen molar-refractivity contribution in [2.75, 3.05) is 4.90 Å². The van der Waals surface area contributed by atoms with Gasteiger partial charge >= 0.3 is 0 Å². The molecule has 0 aliphatic carbocycles. The highest BCUT2D eigenvalue weighted by Crippen LogP contribution is 2.44. The minimum Gasteiger partial charge on any atom is -0.456 e. The van der Waals surface area contributed by atoms with Crippen LogP contribution >= 0.6 is 0 Å². The molecule has 10 rings (SSSR count). The third-order valence-corrected chi connectivity index (χ3v) is 9.69. The van der Waals surface area contributed by atoms with Gasteiger partial charge in [-0.15, -0.1) is 0 Å². The summed E-state index contributed by atoms with van der Waals surface area (Å²) in [5.74, 6) is 0. The van der Waals surface area contributed by atoms with Crippen molar-refractivity contribution < 1.29 is 8.83 Å². The zero-order valence-corrected chi connectivity index (χ0v) is 26.5. The molecule has 0 amide bonds. The molecule has 10 aromatic rings. The van der Waals surface area contributed by atoms with Crippen molar-refractivity contribution in [3.05, 3.63) is 176 Å². The summed E-state index contributed by atoms with van der Waals surface area (Å²) in [5.41, 5.74) is 11.4. The Balaban J connectivity index is 1.14. The molecule has 49 heavy (non-hydrogen) atoms. The van der Waals surface area contributed by atoms with Gasteiger partial charge in [0.1, 0.15) is 22.3 Å². The largest absolute Gasteiger partial charge is 0.456 e. The maximum absolute atomic E-state index is 6.34. The highest BCUT2D eigenvalue weighted by atomic mass is 16.3. The van der Waals surface area contributed by atoms with E-state index in [1.165, 1.54) is 21.9 Å². The van der Waals surface area contributed by atoms with E-state index >= 15 is 0 Å². The first-order chi connectivity index (χ1) is 24.3. The summed E-state index contributed by atoms with van der Waals surface area (Å²) in [5, 5.41) is 6.95. The van der Waals surface area contributed by atoms with Crippen LogP contribution in [-0.2, 0) is 0 Å². The van der Waals surface area contributed by atoms with Crippen LogP contribution in [0.4, 0.5) is 17.1 Å². The van der Waals surface area contributed by atoms with Crippen molar-refractivity contribution in [2.24, 2.45) is 0 Å². The van der Waals surface area contributed by atoms with Gasteiger partial charge in [-0.3, -0.25) is 0 Å². The number of fused-ring (bicyclic) bond motifs is 7. The van der Waals surface area contributed by atoms with Gasteiger partial charge in [-0.25, -0.2) is 0 Å². The minimum atomic E-state index is 0.867. The van der Waals surface area contributed by atoms with Gasteiger partial charge in [0.25, 0.3) is 0 Å². The minimum absolute atomic E-state index is 0.867. The van der Waals surface area contributed by atoms with Crippen LogP contribution in [0.3, 0.4) is 0 Å². The molecule has 2 heterocycles. The Bertz CT molecular complexity index is 2820. The normalized spacial score (nSPS) is 11.7. The SMILES string of the molecule is c1ccc2c(-c3ccc(N(c4ccc(-c5cccc6oc7ccccc7c56)cc4)c4cccc5oc6ccccc6c45)cc3)cccc2c1. The number of para-hydroxylation sites is 2. The smallest absolute Gasteiger partial charge is 0.137 e. The summed E-state index contributed by atoms with van der Waals surface area (Å²) in [7, 11) is 0. The second-order valence-corrected chi connectivity index (χ2v) is 12.5. The van der Waals surface area contributed by atoms with E-state index in [0.29, 0.717) is 0 Å². The van der Waals surface area contributed by atoms with Crippen LogP contribution in [0.5, 0.6) is 0 Å². The van der Waals surface area contributed by atoms with Crippen LogP contribution in [0.15, 0.2) is 185 Å². The van der Waals surface area contributed by atoms with Crippen molar-refractivity contribution >= 4 is 71.7 Å².